The van der Waals surface area contributed by atoms with Crippen LogP contribution in [0.5, 0.6) is 0 Å². The van der Waals surface area contributed by atoms with Crippen LogP contribution in [0.1, 0.15) is 37.3 Å². The first-order chi connectivity index (χ1) is 10.3. The molecule has 0 amide bonds. The van der Waals surface area contributed by atoms with E-state index in [9.17, 15) is 0 Å². The SMILES string of the molecule is CCCOC1CCCN(CC2Cc3ccccc3CN2)C1. The lowest BCUT2D eigenvalue weighted by Crippen LogP contribution is -2.49. The van der Waals surface area contributed by atoms with E-state index in [1.807, 2.05) is 0 Å². The molecule has 0 aromatic heterocycles. The predicted molar refractivity (Wildman–Crippen MR) is 86.5 cm³/mol. The van der Waals surface area contributed by atoms with E-state index in [0.29, 0.717) is 12.1 Å². The number of ether oxygens (including phenoxy) is 1. The Morgan fingerprint density at radius 2 is 2.14 bits per heavy atom. The number of hydrogen-bond donors (Lipinski definition) is 1. The summed E-state index contributed by atoms with van der Waals surface area (Å²) in [4.78, 5) is 2.59. The van der Waals surface area contributed by atoms with Gasteiger partial charge in [0.1, 0.15) is 0 Å². The Labute approximate surface area is 128 Å². The summed E-state index contributed by atoms with van der Waals surface area (Å²) in [5.74, 6) is 0. The lowest BCUT2D eigenvalue weighted by atomic mass is 9.95. The maximum atomic E-state index is 5.95. The third-order valence-electron chi connectivity index (χ3n) is 4.66. The van der Waals surface area contributed by atoms with Crippen LogP contribution in [-0.2, 0) is 17.7 Å². The number of hydrogen-bond acceptors (Lipinski definition) is 3. The van der Waals surface area contributed by atoms with Gasteiger partial charge in [0.25, 0.3) is 0 Å². The molecular weight excluding hydrogens is 260 g/mol. The molecular formula is C18H28N2O. The summed E-state index contributed by atoms with van der Waals surface area (Å²) in [6.45, 7) is 7.61. The first-order valence-electron chi connectivity index (χ1n) is 8.49. The van der Waals surface area contributed by atoms with Crippen molar-refractivity contribution in [2.75, 3.05) is 26.2 Å². The smallest absolute Gasteiger partial charge is 0.0702 e. The molecule has 3 heteroatoms. The molecule has 1 aromatic carbocycles. The lowest BCUT2D eigenvalue weighted by Gasteiger charge is -2.36. The average Bonchev–Trinajstić information content (AvgIpc) is 2.53. The van der Waals surface area contributed by atoms with E-state index in [4.69, 9.17) is 4.74 Å². The highest BCUT2D eigenvalue weighted by molar-refractivity contribution is 5.29. The molecule has 1 fully saturated rings. The molecule has 3 nitrogen and oxygen atoms in total. The average molecular weight is 288 g/mol. The number of rotatable bonds is 5. The Morgan fingerprint density at radius 1 is 1.29 bits per heavy atom. The summed E-state index contributed by atoms with van der Waals surface area (Å²) in [6.07, 6.45) is 5.24. The van der Waals surface area contributed by atoms with Crippen molar-refractivity contribution in [1.29, 1.82) is 0 Å². The topological polar surface area (TPSA) is 24.5 Å². The van der Waals surface area contributed by atoms with Crippen LogP contribution in [0.3, 0.4) is 0 Å². The monoisotopic (exact) mass is 288 g/mol. The summed E-state index contributed by atoms with van der Waals surface area (Å²) < 4.78 is 5.95. The van der Waals surface area contributed by atoms with Crippen LogP contribution < -0.4 is 5.32 Å². The van der Waals surface area contributed by atoms with Gasteiger partial charge in [-0.15, -0.1) is 0 Å². The zero-order valence-corrected chi connectivity index (χ0v) is 13.2. The molecule has 2 unspecified atom stereocenters. The van der Waals surface area contributed by atoms with E-state index in [-0.39, 0.29) is 0 Å². The van der Waals surface area contributed by atoms with Gasteiger partial charge in [-0.3, -0.25) is 4.90 Å². The molecule has 1 saturated heterocycles. The Morgan fingerprint density at radius 3 is 3.00 bits per heavy atom. The molecule has 1 aromatic rings. The van der Waals surface area contributed by atoms with Gasteiger partial charge in [-0.05, 0) is 43.4 Å². The number of fused-ring (bicyclic) bond motifs is 1. The van der Waals surface area contributed by atoms with E-state index in [1.165, 1.54) is 30.5 Å². The Hall–Kier alpha value is -0.900. The number of nitrogens with one attached hydrogen (secondary N) is 1. The molecule has 116 valence electrons. The van der Waals surface area contributed by atoms with Crippen LogP contribution in [0.25, 0.3) is 0 Å². The van der Waals surface area contributed by atoms with Crippen LogP contribution >= 0.6 is 0 Å². The maximum absolute atomic E-state index is 5.95. The highest BCUT2D eigenvalue weighted by Crippen LogP contribution is 2.19. The first kappa shape index (κ1) is 15.0. The van der Waals surface area contributed by atoms with Crippen molar-refractivity contribution in [3.8, 4) is 0 Å². The van der Waals surface area contributed by atoms with Crippen LogP contribution in [0, 0.1) is 0 Å². The van der Waals surface area contributed by atoms with Crippen LogP contribution in [0.15, 0.2) is 24.3 Å². The molecule has 0 aliphatic carbocycles. The van der Waals surface area contributed by atoms with E-state index in [2.05, 4.69) is 41.4 Å². The highest BCUT2D eigenvalue weighted by atomic mass is 16.5. The minimum absolute atomic E-state index is 0.453. The van der Waals surface area contributed by atoms with E-state index < -0.39 is 0 Å². The molecule has 2 atom stereocenters. The van der Waals surface area contributed by atoms with Crippen LogP contribution in [-0.4, -0.2) is 43.3 Å². The van der Waals surface area contributed by atoms with Gasteiger partial charge in [0.2, 0.25) is 0 Å². The fraction of sp³-hybridized carbons (Fsp3) is 0.667. The predicted octanol–water partition coefficient (Wildman–Crippen LogP) is 2.59. The molecule has 2 aliphatic rings. The second kappa shape index (κ2) is 7.39. The molecule has 0 bridgehead atoms. The molecule has 3 rings (SSSR count). The highest BCUT2D eigenvalue weighted by Gasteiger charge is 2.24. The summed E-state index contributed by atoms with van der Waals surface area (Å²) >= 11 is 0. The van der Waals surface area contributed by atoms with Crippen molar-refractivity contribution in [1.82, 2.24) is 10.2 Å². The zero-order chi connectivity index (χ0) is 14.5. The summed E-state index contributed by atoms with van der Waals surface area (Å²) in [5, 5.41) is 3.70. The lowest BCUT2D eigenvalue weighted by molar-refractivity contribution is -0.00243. The number of benzene rings is 1. The second-order valence-electron chi connectivity index (χ2n) is 6.45. The number of likely N-dealkylation sites (tertiary alicyclic amines) is 1. The molecule has 21 heavy (non-hydrogen) atoms. The third-order valence-corrected chi connectivity index (χ3v) is 4.66. The quantitative estimate of drug-likeness (QED) is 0.901. The minimum atomic E-state index is 0.453. The summed E-state index contributed by atoms with van der Waals surface area (Å²) in [5.41, 5.74) is 2.99. The minimum Gasteiger partial charge on any atom is -0.377 e. The van der Waals surface area contributed by atoms with E-state index in [0.717, 1.165) is 39.1 Å². The van der Waals surface area contributed by atoms with Gasteiger partial charge in [0.05, 0.1) is 6.10 Å². The van der Waals surface area contributed by atoms with Crippen molar-refractivity contribution in [2.24, 2.45) is 0 Å². The number of piperidine rings is 1. The zero-order valence-electron chi connectivity index (χ0n) is 13.2. The summed E-state index contributed by atoms with van der Waals surface area (Å²) in [7, 11) is 0. The fourth-order valence-corrected chi connectivity index (χ4v) is 3.56. The number of nitrogens with zero attached hydrogens (tertiary/aromatic N) is 1. The van der Waals surface area contributed by atoms with Gasteiger partial charge in [0.15, 0.2) is 0 Å². The molecule has 1 N–H and O–H groups in total. The standard InChI is InChI=1S/C18H28N2O/c1-2-10-21-18-8-5-9-20(14-18)13-17-11-15-6-3-4-7-16(15)12-19-17/h3-4,6-7,17-19H,2,5,8-14H2,1H3. The molecule has 0 saturated carbocycles. The van der Waals surface area contributed by atoms with Crippen molar-refractivity contribution >= 4 is 0 Å². The summed E-state index contributed by atoms with van der Waals surface area (Å²) in [6, 6.07) is 9.42. The molecule has 2 aliphatic heterocycles. The third kappa shape index (κ3) is 4.06. The van der Waals surface area contributed by atoms with Crippen molar-refractivity contribution < 1.29 is 4.74 Å². The molecule has 2 heterocycles. The fourth-order valence-electron chi connectivity index (χ4n) is 3.56. The van der Waals surface area contributed by atoms with Gasteiger partial charge in [-0.2, -0.15) is 0 Å². The van der Waals surface area contributed by atoms with Crippen LogP contribution in [0.4, 0.5) is 0 Å². The maximum Gasteiger partial charge on any atom is 0.0702 e. The van der Waals surface area contributed by atoms with Gasteiger partial charge in [-0.1, -0.05) is 31.2 Å². The first-order valence-corrected chi connectivity index (χ1v) is 8.49. The van der Waals surface area contributed by atoms with Crippen molar-refractivity contribution in [3.05, 3.63) is 35.4 Å². The largest absolute Gasteiger partial charge is 0.377 e. The van der Waals surface area contributed by atoms with E-state index >= 15 is 0 Å². The van der Waals surface area contributed by atoms with Gasteiger partial charge < -0.3 is 10.1 Å². The van der Waals surface area contributed by atoms with Gasteiger partial charge >= 0.3 is 0 Å². The normalized spacial score (nSPS) is 26.5. The van der Waals surface area contributed by atoms with Gasteiger partial charge in [-0.25, -0.2) is 0 Å². The Bertz CT molecular complexity index is 449. The van der Waals surface area contributed by atoms with Crippen LogP contribution in [0.2, 0.25) is 0 Å². The Balaban J connectivity index is 1.50. The van der Waals surface area contributed by atoms with Crippen molar-refractivity contribution in [2.45, 2.75) is 51.3 Å². The van der Waals surface area contributed by atoms with Gasteiger partial charge in [0, 0.05) is 32.3 Å². The van der Waals surface area contributed by atoms with Crippen molar-refractivity contribution in [3.63, 3.8) is 0 Å². The second-order valence-corrected chi connectivity index (χ2v) is 6.45. The molecule has 0 radical (unpaired) electrons. The van der Waals surface area contributed by atoms with E-state index in [1.54, 1.807) is 0 Å². The molecule has 0 spiro atoms. The Kier molecular flexibility index (Phi) is 5.28.